The number of thiocarbonyl (C=S) groups is 1. The molecule has 1 aromatic heterocycles. The maximum atomic E-state index is 13.2. The summed E-state index contributed by atoms with van der Waals surface area (Å²) in [6.45, 7) is 6.91. The smallest absolute Gasteiger partial charge is 0.243 e. The Bertz CT molecular complexity index is 1310. The van der Waals surface area contributed by atoms with Gasteiger partial charge >= 0.3 is 0 Å². The number of benzene rings is 2. The number of hydrogen-bond donors (Lipinski definition) is 2. The monoisotopic (exact) mass is 519 g/mol. The van der Waals surface area contributed by atoms with Crippen molar-refractivity contribution in [3.8, 4) is 0 Å². The summed E-state index contributed by atoms with van der Waals surface area (Å²) in [6.07, 6.45) is 5.05. The molecule has 0 saturated heterocycles. The average Bonchev–Trinajstić information content (AvgIpc) is 3.10. The molecule has 0 saturated carbocycles. The maximum absolute atomic E-state index is 13.2. The third kappa shape index (κ3) is 5.96. The van der Waals surface area contributed by atoms with Crippen molar-refractivity contribution in [3.05, 3.63) is 58.7 Å². The molecule has 0 radical (unpaired) electrons. The quantitative estimate of drug-likeness (QED) is 0.229. The number of halogens is 1. The van der Waals surface area contributed by atoms with E-state index >= 15 is 0 Å². The molecule has 10 heteroatoms. The van der Waals surface area contributed by atoms with Gasteiger partial charge in [0.1, 0.15) is 0 Å². The van der Waals surface area contributed by atoms with Gasteiger partial charge in [-0.25, -0.2) is 8.42 Å². The van der Waals surface area contributed by atoms with Gasteiger partial charge in [-0.1, -0.05) is 31.5 Å². The molecule has 0 unspecified atom stereocenters. The summed E-state index contributed by atoms with van der Waals surface area (Å²) in [4.78, 5) is 0.280. The lowest BCUT2D eigenvalue weighted by Gasteiger charge is -2.21. The molecule has 0 fully saturated rings. The minimum Gasteiger partial charge on any atom is -0.350 e. The van der Waals surface area contributed by atoms with Crippen molar-refractivity contribution in [3.63, 3.8) is 0 Å². The lowest BCUT2D eigenvalue weighted by molar-refractivity contribution is 0.410. The summed E-state index contributed by atoms with van der Waals surface area (Å²) in [7, 11) is -1.67. The minimum atomic E-state index is -3.58. The van der Waals surface area contributed by atoms with Crippen LogP contribution in [0.15, 0.2) is 52.6 Å². The van der Waals surface area contributed by atoms with Crippen LogP contribution in [0.2, 0.25) is 5.02 Å². The molecule has 0 aliphatic heterocycles. The number of anilines is 1. The van der Waals surface area contributed by atoms with E-state index in [-0.39, 0.29) is 4.90 Å². The maximum Gasteiger partial charge on any atom is 0.243 e. The lowest BCUT2D eigenvalue weighted by Crippen LogP contribution is -2.32. The number of fused-ring (bicyclic) bond motifs is 1. The molecular formula is C24H30ClN5O2S2. The van der Waals surface area contributed by atoms with E-state index in [1.165, 1.54) is 0 Å². The lowest BCUT2D eigenvalue weighted by atomic mass is 10.2. The summed E-state index contributed by atoms with van der Waals surface area (Å²) < 4.78 is 30.0. The van der Waals surface area contributed by atoms with Crippen molar-refractivity contribution in [2.45, 2.75) is 38.5 Å². The van der Waals surface area contributed by atoms with Crippen LogP contribution in [0, 0.1) is 6.92 Å². The number of hydrazone groups is 1. The second kappa shape index (κ2) is 11.3. The highest BCUT2D eigenvalue weighted by molar-refractivity contribution is 7.89. The fourth-order valence-corrected chi connectivity index (χ4v) is 5.79. The Balaban J connectivity index is 1.82. The molecule has 182 valence electrons. The third-order valence-corrected chi connectivity index (χ3v) is 7.72. The molecule has 0 bridgehead atoms. The molecule has 2 aromatic carbocycles. The van der Waals surface area contributed by atoms with Crippen LogP contribution in [0.3, 0.4) is 0 Å². The van der Waals surface area contributed by atoms with Gasteiger partial charge in [-0.3, -0.25) is 5.43 Å². The molecule has 3 aromatic rings. The van der Waals surface area contributed by atoms with Gasteiger partial charge in [0.05, 0.1) is 21.8 Å². The number of sulfonamides is 1. The molecule has 34 heavy (non-hydrogen) atoms. The van der Waals surface area contributed by atoms with E-state index in [9.17, 15) is 8.42 Å². The summed E-state index contributed by atoms with van der Waals surface area (Å²) in [5.74, 6) is 0. The standard InChI is InChI=1S/C24H30ClN5O2S2/c1-5-11-30(12-6-2)34(31,32)19-8-10-23-20(14-19)18(16-29(23)4)15-26-28-24(33)27-22-9-7-17(3)13-21(22)25/h7-10,13-16H,5-6,11-12H2,1-4H3,(H2,27,28,33)/b26-15+. The largest absolute Gasteiger partial charge is 0.350 e. The first-order valence-corrected chi connectivity index (χ1v) is 13.4. The van der Waals surface area contributed by atoms with E-state index in [2.05, 4.69) is 15.8 Å². The fraction of sp³-hybridized carbons (Fsp3) is 0.333. The number of rotatable bonds is 9. The molecule has 1 heterocycles. The van der Waals surface area contributed by atoms with Gasteiger partial charge in [0.25, 0.3) is 0 Å². The Morgan fingerprint density at radius 3 is 2.53 bits per heavy atom. The van der Waals surface area contributed by atoms with E-state index in [0.29, 0.717) is 28.9 Å². The van der Waals surface area contributed by atoms with Crippen molar-refractivity contribution in [2.75, 3.05) is 18.4 Å². The van der Waals surface area contributed by atoms with Crippen molar-refractivity contribution in [1.82, 2.24) is 14.3 Å². The molecule has 0 atom stereocenters. The molecule has 7 nitrogen and oxygen atoms in total. The van der Waals surface area contributed by atoms with Gasteiger partial charge in [0.15, 0.2) is 5.11 Å². The van der Waals surface area contributed by atoms with Crippen LogP contribution in [0.5, 0.6) is 0 Å². The van der Waals surface area contributed by atoms with Crippen molar-refractivity contribution >= 4 is 61.8 Å². The number of nitrogens with one attached hydrogen (secondary N) is 2. The van der Waals surface area contributed by atoms with Gasteiger partial charge in [-0.05, 0) is 67.9 Å². The highest BCUT2D eigenvalue weighted by Gasteiger charge is 2.24. The molecule has 0 spiro atoms. The van der Waals surface area contributed by atoms with Gasteiger partial charge in [-0.15, -0.1) is 0 Å². The zero-order valence-electron chi connectivity index (χ0n) is 19.8. The molecule has 0 amide bonds. The Labute approximate surface area is 211 Å². The van der Waals surface area contributed by atoms with Crippen LogP contribution in [-0.4, -0.2) is 41.7 Å². The van der Waals surface area contributed by atoms with Crippen LogP contribution in [0.25, 0.3) is 10.9 Å². The second-order valence-corrected chi connectivity index (χ2v) is 10.8. The van der Waals surface area contributed by atoms with E-state index in [4.69, 9.17) is 23.8 Å². The summed E-state index contributed by atoms with van der Waals surface area (Å²) in [5.41, 5.74) is 6.21. The van der Waals surface area contributed by atoms with Crippen LogP contribution in [0.4, 0.5) is 5.69 Å². The Morgan fingerprint density at radius 1 is 1.18 bits per heavy atom. The van der Waals surface area contributed by atoms with Crippen LogP contribution in [-0.2, 0) is 17.1 Å². The third-order valence-electron chi connectivity index (χ3n) is 5.32. The highest BCUT2D eigenvalue weighted by atomic mass is 35.5. The molecule has 0 aliphatic carbocycles. The number of aromatic nitrogens is 1. The van der Waals surface area contributed by atoms with Crippen molar-refractivity contribution < 1.29 is 8.42 Å². The summed E-state index contributed by atoms with van der Waals surface area (Å²) in [6, 6.07) is 10.8. The van der Waals surface area contributed by atoms with Gasteiger partial charge in [-0.2, -0.15) is 9.41 Å². The van der Waals surface area contributed by atoms with E-state index < -0.39 is 10.0 Å². The highest BCUT2D eigenvalue weighted by Crippen LogP contribution is 2.26. The van der Waals surface area contributed by atoms with E-state index in [1.54, 1.807) is 22.7 Å². The topological polar surface area (TPSA) is 78.7 Å². The predicted octanol–water partition coefficient (Wildman–Crippen LogP) is 5.27. The van der Waals surface area contributed by atoms with Crippen LogP contribution < -0.4 is 10.7 Å². The first-order chi connectivity index (χ1) is 16.2. The van der Waals surface area contributed by atoms with Crippen LogP contribution in [0.1, 0.15) is 37.8 Å². The number of hydrogen-bond acceptors (Lipinski definition) is 4. The molecular weight excluding hydrogens is 490 g/mol. The van der Waals surface area contributed by atoms with Gasteiger partial charge < -0.3 is 9.88 Å². The number of nitrogens with zero attached hydrogens (tertiary/aromatic N) is 3. The molecule has 2 N–H and O–H groups in total. The first kappa shape index (κ1) is 26.2. The van der Waals surface area contributed by atoms with E-state index in [1.807, 2.05) is 62.8 Å². The first-order valence-electron chi connectivity index (χ1n) is 11.1. The molecule has 0 aliphatic rings. The van der Waals surface area contributed by atoms with Gasteiger partial charge in [0, 0.05) is 42.8 Å². The zero-order chi connectivity index (χ0) is 24.9. The second-order valence-electron chi connectivity index (χ2n) is 8.09. The molecule has 3 rings (SSSR count). The SMILES string of the molecule is CCCN(CCC)S(=O)(=O)c1ccc2c(c1)c(/C=N/NC(=S)Nc1ccc(C)cc1Cl)cn2C. The number of aryl methyl sites for hydroxylation is 2. The Hall–Kier alpha value is -2.46. The predicted molar refractivity (Wildman–Crippen MR) is 145 cm³/mol. The minimum absolute atomic E-state index is 0.280. The van der Waals surface area contributed by atoms with Gasteiger partial charge in [0.2, 0.25) is 10.0 Å². The van der Waals surface area contributed by atoms with E-state index in [0.717, 1.165) is 34.9 Å². The summed E-state index contributed by atoms with van der Waals surface area (Å²) in [5, 5.41) is 8.91. The Morgan fingerprint density at radius 2 is 1.88 bits per heavy atom. The van der Waals surface area contributed by atoms with Crippen molar-refractivity contribution in [2.24, 2.45) is 12.1 Å². The van der Waals surface area contributed by atoms with Crippen molar-refractivity contribution in [1.29, 1.82) is 0 Å². The zero-order valence-corrected chi connectivity index (χ0v) is 22.2. The fourth-order valence-electron chi connectivity index (χ4n) is 3.70. The Kier molecular flexibility index (Phi) is 8.70. The normalized spacial score (nSPS) is 12.1. The average molecular weight is 520 g/mol. The summed E-state index contributed by atoms with van der Waals surface area (Å²) >= 11 is 11.5. The van der Waals surface area contributed by atoms with Crippen LogP contribution >= 0.6 is 23.8 Å².